The summed E-state index contributed by atoms with van der Waals surface area (Å²) in [5, 5.41) is 0.309. The largest absolute Gasteiger partial charge is 0.464 e. The van der Waals surface area contributed by atoms with Gasteiger partial charge in [-0.25, -0.2) is 13.2 Å². The molecular weight excluding hydrogens is 284 g/mol. The van der Waals surface area contributed by atoms with Gasteiger partial charge in [0.25, 0.3) is 0 Å². The molecule has 0 aromatic rings. The number of carbonyl (C=O) groups excluding carboxylic acids is 1. The van der Waals surface area contributed by atoms with E-state index in [9.17, 15) is 13.2 Å². The van der Waals surface area contributed by atoms with Crippen molar-refractivity contribution in [1.82, 2.24) is 0 Å². The lowest BCUT2D eigenvalue weighted by atomic mass is 10.1. The number of carbonyl (C=O) groups is 1. The van der Waals surface area contributed by atoms with Gasteiger partial charge in [-0.05, 0) is 13.3 Å². The lowest BCUT2D eigenvalue weighted by molar-refractivity contribution is -0.144. The average Bonchev–Trinajstić information content (AvgIpc) is 2.12. The smallest absolute Gasteiger partial charge is 0.339 e. The van der Waals surface area contributed by atoms with E-state index in [0.29, 0.717) is 5.33 Å². The highest BCUT2D eigenvalue weighted by Crippen LogP contribution is 2.23. The van der Waals surface area contributed by atoms with E-state index < -0.39 is 20.6 Å². The minimum Gasteiger partial charge on any atom is -0.464 e. The number of hydrogen-bond donors (Lipinski definition) is 0. The number of ether oxygens (including phenoxy) is 1. The van der Waals surface area contributed by atoms with E-state index in [1.165, 1.54) is 0 Å². The van der Waals surface area contributed by atoms with Gasteiger partial charge in [-0.3, -0.25) is 0 Å². The first-order valence-corrected chi connectivity index (χ1v) is 7.27. The fourth-order valence-electron chi connectivity index (χ4n) is 1.06. The molecule has 1 atom stereocenters. The Labute approximate surface area is 98.4 Å². The van der Waals surface area contributed by atoms with Gasteiger partial charge in [-0.15, -0.1) is 6.42 Å². The molecule has 0 spiro atoms. The highest BCUT2D eigenvalue weighted by Gasteiger charge is 2.47. The highest BCUT2D eigenvalue weighted by molar-refractivity contribution is 9.09. The minimum absolute atomic E-state index is 0.00116. The van der Waals surface area contributed by atoms with Gasteiger partial charge in [0, 0.05) is 11.6 Å². The molecule has 0 unspecified atom stereocenters. The van der Waals surface area contributed by atoms with E-state index in [0.717, 1.165) is 6.26 Å². The highest BCUT2D eigenvalue weighted by atomic mass is 79.9. The molecule has 0 aromatic carbocycles. The zero-order chi connectivity index (χ0) is 12.1. The van der Waals surface area contributed by atoms with Crippen LogP contribution in [0, 0.1) is 12.3 Å². The Balaban J connectivity index is 5.39. The second-order valence-corrected chi connectivity index (χ2v) is 5.94. The second-order valence-electron chi connectivity index (χ2n) is 2.90. The summed E-state index contributed by atoms with van der Waals surface area (Å²) in [7, 11) is -3.70. The summed E-state index contributed by atoms with van der Waals surface area (Å²) < 4.78 is 25.9. The van der Waals surface area contributed by atoms with Crippen LogP contribution in [0.3, 0.4) is 0 Å². The lowest BCUT2D eigenvalue weighted by Crippen LogP contribution is -2.46. The standard InChI is InChI=1S/C9H13BrO4S/c1-4-9(6-7-10,15(3,12)13)8(11)14-5-2/h1H,5-7H2,2-3H3/t9-/m1/s1. The van der Waals surface area contributed by atoms with Crippen molar-refractivity contribution < 1.29 is 17.9 Å². The molecule has 0 aliphatic heterocycles. The number of alkyl halides is 1. The van der Waals surface area contributed by atoms with Crippen molar-refractivity contribution in [2.45, 2.75) is 18.1 Å². The van der Waals surface area contributed by atoms with Crippen LogP contribution in [0.4, 0.5) is 0 Å². The first kappa shape index (κ1) is 14.5. The fourth-order valence-corrected chi connectivity index (χ4v) is 2.96. The number of halogens is 1. The van der Waals surface area contributed by atoms with Gasteiger partial charge >= 0.3 is 5.97 Å². The Kier molecular flexibility index (Phi) is 5.32. The van der Waals surface area contributed by atoms with E-state index in [1.807, 2.05) is 5.92 Å². The van der Waals surface area contributed by atoms with Crippen molar-refractivity contribution in [2.24, 2.45) is 0 Å². The van der Waals surface area contributed by atoms with Gasteiger partial charge in [0.2, 0.25) is 4.75 Å². The van der Waals surface area contributed by atoms with Crippen molar-refractivity contribution >= 4 is 31.7 Å². The molecule has 0 rings (SSSR count). The van der Waals surface area contributed by atoms with E-state index in [-0.39, 0.29) is 13.0 Å². The number of hydrogen-bond acceptors (Lipinski definition) is 4. The molecule has 0 bridgehead atoms. The third kappa shape index (κ3) is 2.95. The molecule has 15 heavy (non-hydrogen) atoms. The molecule has 0 saturated heterocycles. The van der Waals surface area contributed by atoms with Gasteiger partial charge in [-0.2, -0.15) is 0 Å². The van der Waals surface area contributed by atoms with Crippen molar-refractivity contribution in [1.29, 1.82) is 0 Å². The molecular formula is C9H13BrO4S. The Morgan fingerprint density at radius 2 is 2.13 bits per heavy atom. The summed E-state index contributed by atoms with van der Waals surface area (Å²) in [6.07, 6.45) is 6.10. The number of esters is 1. The Morgan fingerprint density at radius 3 is 2.40 bits per heavy atom. The summed E-state index contributed by atoms with van der Waals surface area (Å²) in [6, 6.07) is 0. The predicted molar refractivity (Wildman–Crippen MR) is 61.5 cm³/mol. The van der Waals surface area contributed by atoms with Crippen LogP contribution in [0.1, 0.15) is 13.3 Å². The fraction of sp³-hybridized carbons (Fsp3) is 0.667. The molecule has 86 valence electrons. The molecule has 0 aliphatic rings. The zero-order valence-corrected chi connectivity index (χ0v) is 11.0. The van der Waals surface area contributed by atoms with Gasteiger partial charge in [0.05, 0.1) is 6.61 Å². The van der Waals surface area contributed by atoms with Crippen molar-refractivity contribution in [3.63, 3.8) is 0 Å². The monoisotopic (exact) mass is 296 g/mol. The molecule has 0 aliphatic carbocycles. The minimum atomic E-state index is -3.70. The second kappa shape index (κ2) is 5.52. The van der Waals surface area contributed by atoms with Gasteiger partial charge in [0.15, 0.2) is 9.84 Å². The van der Waals surface area contributed by atoms with E-state index in [2.05, 4.69) is 15.9 Å². The molecule has 4 nitrogen and oxygen atoms in total. The first-order chi connectivity index (χ1) is 6.85. The third-order valence-electron chi connectivity index (χ3n) is 1.92. The first-order valence-electron chi connectivity index (χ1n) is 4.26. The maximum absolute atomic E-state index is 11.6. The number of sulfone groups is 1. The lowest BCUT2D eigenvalue weighted by Gasteiger charge is -2.23. The van der Waals surface area contributed by atoms with E-state index in [4.69, 9.17) is 11.2 Å². The molecule has 0 saturated carbocycles. The Bertz CT molecular complexity index is 368. The molecule has 0 aromatic heterocycles. The van der Waals surface area contributed by atoms with Crippen LogP contribution in [-0.2, 0) is 19.4 Å². The van der Waals surface area contributed by atoms with Crippen molar-refractivity contribution in [2.75, 3.05) is 18.2 Å². The van der Waals surface area contributed by atoms with Crippen LogP contribution in [0.15, 0.2) is 0 Å². The molecule has 0 radical (unpaired) electrons. The van der Waals surface area contributed by atoms with Crippen molar-refractivity contribution in [3.8, 4) is 12.3 Å². The molecule has 0 fully saturated rings. The maximum Gasteiger partial charge on any atom is 0.339 e. The van der Waals surface area contributed by atoms with Crippen LogP contribution in [0.5, 0.6) is 0 Å². The van der Waals surface area contributed by atoms with Crippen molar-refractivity contribution in [3.05, 3.63) is 0 Å². The van der Waals surface area contributed by atoms with Crippen LogP contribution >= 0.6 is 15.9 Å². The van der Waals surface area contributed by atoms with Crippen LogP contribution in [0.2, 0.25) is 0 Å². The average molecular weight is 297 g/mol. The SMILES string of the molecule is C#C[C@@](CCBr)(C(=O)OCC)S(C)(=O)=O. The summed E-state index contributed by atoms with van der Waals surface area (Å²) >= 11 is 3.07. The van der Waals surface area contributed by atoms with Gasteiger partial charge in [-0.1, -0.05) is 21.9 Å². The molecule has 0 N–H and O–H groups in total. The summed E-state index contributed by atoms with van der Waals surface area (Å²) in [6.45, 7) is 1.69. The Hall–Kier alpha value is -0.540. The van der Waals surface area contributed by atoms with Gasteiger partial charge in [0.1, 0.15) is 0 Å². The summed E-state index contributed by atoms with van der Waals surface area (Å²) in [5.41, 5.74) is 0. The van der Waals surface area contributed by atoms with E-state index >= 15 is 0 Å². The third-order valence-corrected chi connectivity index (χ3v) is 4.07. The number of terminal acetylenes is 1. The van der Waals surface area contributed by atoms with Gasteiger partial charge < -0.3 is 4.74 Å². The topological polar surface area (TPSA) is 60.4 Å². The molecule has 0 amide bonds. The molecule has 6 heteroatoms. The van der Waals surface area contributed by atoms with Crippen LogP contribution < -0.4 is 0 Å². The summed E-state index contributed by atoms with van der Waals surface area (Å²) in [4.78, 5) is 11.6. The van der Waals surface area contributed by atoms with E-state index in [1.54, 1.807) is 6.92 Å². The van der Waals surface area contributed by atoms with Crippen LogP contribution in [0.25, 0.3) is 0 Å². The zero-order valence-electron chi connectivity index (χ0n) is 8.62. The summed E-state index contributed by atoms with van der Waals surface area (Å²) in [5.74, 6) is 1.17. The quantitative estimate of drug-likeness (QED) is 0.427. The normalized spacial score (nSPS) is 15.1. The maximum atomic E-state index is 11.6. The molecule has 0 heterocycles. The number of rotatable bonds is 5. The van der Waals surface area contributed by atoms with Crippen LogP contribution in [-0.4, -0.2) is 37.3 Å². The Morgan fingerprint density at radius 1 is 1.60 bits per heavy atom. The predicted octanol–water partition coefficient (Wildman–Crippen LogP) is 0.751.